The summed E-state index contributed by atoms with van der Waals surface area (Å²) in [6.45, 7) is 5.28. The van der Waals surface area contributed by atoms with Gasteiger partial charge in [0.15, 0.2) is 0 Å². The Hall–Kier alpha value is -0.830. The Morgan fingerprint density at radius 2 is 2.40 bits per heavy atom. The molecule has 1 fully saturated rings. The normalized spacial score (nSPS) is 18.8. The summed E-state index contributed by atoms with van der Waals surface area (Å²) >= 11 is 0. The van der Waals surface area contributed by atoms with Crippen LogP contribution in [0.2, 0.25) is 0 Å². The molecule has 1 unspecified atom stereocenters. The van der Waals surface area contributed by atoms with Crippen molar-refractivity contribution >= 4 is 0 Å². The molecule has 1 aliphatic rings. The van der Waals surface area contributed by atoms with E-state index in [1.807, 2.05) is 6.20 Å². The molecule has 1 aromatic heterocycles. The lowest BCUT2D eigenvalue weighted by atomic mass is 9.84. The van der Waals surface area contributed by atoms with Gasteiger partial charge in [0, 0.05) is 5.92 Å². The summed E-state index contributed by atoms with van der Waals surface area (Å²) in [6, 6.07) is 0.235. The summed E-state index contributed by atoms with van der Waals surface area (Å²) in [6.07, 6.45) is 6.92. The van der Waals surface area contributed by atoms with E-state index in [1.165, 1.54) is 19.3 Å². The van der Waals surface area contributed by atoms with Crippen LogP contribution in [0.1, 0.15) is 63.1 Å². The van der Waals surface area contributed by atoms with Gasteiger partial charge in [0.1, 0.15) is 5.76 Å². The van der Waals surface area contributed by atoms with Crippen molar-refractivity contribution in [2.75, 3.05) is 6.54 Å². The second-order valence-corrected chi connectivity index (χ2v) is 4.40. The maximum atomic E-state index is 5.77. The number of hydrogen-bond donors (Lipinski definition) is 1. The molecule has 0 amide bonds. The van der Waals surface area contributed by atoms with Crippen molar-refractivity contribution in [3.05, 3.63) is 17.8 Å². The number of rotatable bonds is 5. The maximum Gasteiger partial charge on any atom is 0.211 e. The van der Waals surface area contributed by atoms with E-state index in [9.17, 15) is 0 Å². The number of hydrogen-bond acceptors (Lipinski definition) is 3. The summed E-state index contributed by atoms with van der Waals surface area (Å²) < 4.78 is 5.77. The highest BCUT2D eigenvalue weighted by molar-refractivity contribution is 5.06. The Morgan fingerprint density at radius 3 is 3.00 bits per heavy atom. The minimum Gasteiger partial charge on any atom is -0.444 e. The van der Waals surface area contributed by atoms with Gasteiger partial charge in [-0.2, -0.15) is 0 Å². The quantitative estimate of drug-likeness (QED) is 0.808. The molecule has 0 aromatic carbocycles. The van der Waals surface area contributed by atoms with Crippen LogP contribution < -0.4 is 5.32 Å². The first-order valence-electron chi connectivity index (χ1n) is 6.00. The van der Waals surface area contributed by atoms with E-state index >= 15 is 0 Å². The van der Waals surface area contributed by atoms with Crippen molar-refractivity contribution in [2.24, 2.45) is 0 Å². The van der Waals surface area contributed by atoms with Crippen molar-refractivity contribution in [3.63, 3.8) is 0 Å². The standard InChI is InChI=1S/C12H20N2O/c1-3-7-13-9(2)12-14-8-11(15-12)10-5-4-6-10/h8-10,13H,3-7H2,1-2H3. The van der Waals surface area contributed by atoms with Crippen LogP contribution in [0.4, 0.5) is 0 Å². The van der Waals surface area contributed by atoms with Crippen molar-refractivity contribution < 1.29 is 4.42 Å². The summed E-state index contributed by atoms with van der Waals surface area (Å²) in [7, 11) is 0. The number of oxazole rings is 1. The van der Waals surface area contributed by atoms with E-state index in [4.69, 9.17) is 4.42 Å². The minimum atomic E-state index is 0.235. The van der Waals surface area contributed by atoms with Crippen LogP contribution in [-0.2, 0) is 0 Å². The van der Waals surface area contributed by atoms with Crippen LogP contribution in [0, 0.1) is 0 Å². The molecule has 0 radical (unpaired) electrons. The molecule has 1 saturated carbocycles. The molecule has 1 N–H and O–H groups in total. The lowest BCUT2D eigenvalue weighted by Crippen LogP contribution is -2.19. The Labute approximate surface area is 91.3 Å². The molecular formula is C12H20N2O. The van der Waals surface area contributed by atoms with Crippen molar-refractivity contribution in [3.8, 4) is 0 Å². The molecule has 2 rings (SSSR count). The predicted molar refractivity (Wildman–Crippen MR) is 59.8 cm³/mol. The third kappa shape index (κ3) is 2.40. The van der Waals surface area contributed by atoms with E-state index in [1.54, 1.807) is 0 Å². The summed E-state index contributed by atoms with van der Waals surface area (Å²) in [4.78, 5) is 4.34. The van der Waals surface area contributed by atoms with Crippen LogP contribution in [0.3, 0.4) is 0 Å². The van der Waals surface area contributed by atoms with Gasteiger partial charge in [0.2, 0.25) is 5.89 Å². The molecule has 84 valence electrons. The van der Waals surface area contributed by atoms with Gasteiger partial charge < -0.3 is 9.73 Å². The molecule has 3 nitrogen and oxygen atoms in total. The summed E-state index contributed by atoms with van der Waals surface area (Å²) in [5.41, 5.74) is 0. The lowest BCUT2D eigenvalue weighted by Gasteiger charge is -2.22. The van der Waals surface area contributed by atoms with Crippen LogP contribution in [0.15, 0.2) is 10.6 Å². The number of nitrogens with one attached hydrogen (secondary N) is 1. The number of aromatic nitrogens is 1. The lowest BCUT2D eigenvalue weighted by molar-refractivity contribution is 0.319. The van der Waals surface area contributed by atoms with Crippen LogP contribution in [0.25, 0.3) is 0 Å². The molecule has 15 heavy (non-hydrogen) atoms. The maximum absolute atomic E-state index is 5.77. The third-order valence-corrected chi connectivity index (χ3v) is 3.12. The van der Waals surface area contributed by atoms with E-state index in [-0.39, 0.29) is 6.04 Å². The molecule has 1 atom stereocenters. The zero-order valence-corrected chi connectivity index (χ0v) is 9.62. The smallest absolute Gasteiger partial charge is 0.211 e. The Morgan fingerprint density at radius 1 is 1.60 bits per heavy atom. The Bertz CT molecular complexity index is 304. The van der Waals surface area contributed by atoms with Crippen LogP contribution in [0.5, 0.6) is 0 Å². The van der Waals surface area contributed by atoms with Gasteiger partial charge in [-0.1, -0.05) is 13.3 Å². The summed E-state index contributed by atoms with van der Waals surface area (Å²) in [5.74, 6) is 2.57. The second-order valence-electron chi connectivity index (χ2n) is 4.40. The van der Waals surface area contributed by atoms with Crippen molar-refractivity contribution in [2.45, 2.75) is 51.5 Å². The largest absolute Gasteiger partial charge is 0.444 e. The first kappa shape index (κ1) is 10.7. The fourth-order valence-electron chi connectivity index (χ4n) is 1.83. The van der Waals surface area contributed by atoms with Gasteiger partial charge in [-0.15, -0.1) is 0 Å². The van der Waals surface area contributed by atoms with Gasteiger partial charge in [0.05, 0.1) is 12.2 Å². The molecule has 1 aromatic rings. The van der Waals surface area contributed by atoms with Gasteiger partial charge in [-0.3, -0.25) is 0 Å². The highest BCUT2D eigenvalue weighted by Gasteiger charge is 2.24. The van der Waals surface area contributed by atoms with E-state index in [2.05, 4.69) is 24.1 Å². The van der Waals surface area contributed by atoms with Gasteiger partial charge in [0.25, 0.3) is 0 Å². The Kier molecular flexibility index (Phi) is 3.41. The minimum absolute atomic E-state index is 0.235. The molecule has 1 heterocycles. The topological polar surface area (TPSA) is 38.1 Å². The fraction of sp³-hybridized carbons (Fsp3) is 0.750. The monoisotopic (exact) mass is 208 g/mol. The molecule has 0 bridgehead atoms. The highest BCUT2D eigenvalue weighted by Crippen LogP contribution is 2.36. The third-order valence-electron chi connectivity index (χ3n) is 3.12. The van der Waals surface area contributed by atoms with Crippen LogP contribution in [-0.4, -0.2) is 11.5 Å². The average Bonchev–Trinajstić information content (AvgIpc) is 2.60. The van der Waals surface area contributed by atoms with Gasteiger partial charge in [-0.05, 0) is 32.7 Å². The zero-order chi connectivity index (χ0) is 10.7. The molecule has 0 saturated heterocycles. The van der Waals surface area contributed by atoms with Gasteiger partial charge >= 0.3 is 0 Å². The van der Waals surface area contributed by atoms with E-state index in [0.717, 1.165) is 24.6 Å². The summed E-state index contributed by atoms with van der Waals surface area (Å²) in [5, 5.41) is 3.38. The van der Waals surface area contributed by atoms with Gasteiger partial charge in [-0.25, -0.2) is 4.98 Å². The first-order valence-corrected chi connectivity index (χ1v) is 6.00. The van der Waals surface area contributed by atoms with Crippen LogP contribution >= 0.6 is 0 Å². The predicted octanol–water partition coefficient (Wildman–Crippen LogP) is 3.00. The SMILES string of the molecule is CCCNC(C)c1ncc(C2CCC2)o1. The number of nitrogens with zero attached hydrogens (tertiary/aromatic N) is 1. The van der Waals surface area contributed by atoms with Crippen molar-refractivity contribution in [1.82, 2.24) is 10.3 Å². The van der Waals surface area contributed by atoms with E-state index < -0.39 is 0 Å². The van der Waals surface area contributed by atoms with Crippen molar-refractivity contribution in [1.29, 1.82) is 0 Å². The molecular weight excluding hydrogens is 188 g/mol. The first-order chi connectivity index (χ1) is 7.31. The molecule has 0 aliphatic heterocycles. The highest BCUT2D eigenvalue weighted by atomic mass is 16.4. The molecule has 0 spiro atoms. The fourth-order valence-corrected chi connectivity index (χ4v) is 1.83. The Balaban J connectivity index is 1.93. The molecule has 3 heteroatoms. The van der Waals surface area contributed by atoms with E-state index in [0.29, 0.717) is 5.92 Å². The average molecular weight is 208 g/mol. The second kappa shape index (κ2) is 4.79. The zero-order valence-electron chi connectivity index (χ0n) is 9.62. The molecule has 1 aliphatic carbocycles.